The standard InChI is InChI=1S/C21H26ClN3O2/c1-14-12-15(2)21(19(22)13-14)25(16(3)26)11-10-20(27)23-17-6-8-18(9-7-17)24(4)5/h6-9,12-13H,10-11H2,1-5H3,(H,23,27). The molecule has 6 heteroatoms. The van der Waals surface area contributed by atoms with Crippen molar-refractivity contribution in [1.82, 2.24) is 0 Å². The molecule has 0 bridgehead atoms. The van der Waals surface area contributed by atoms with Crippen LogP contribution in [-0.4, -0.2) is 32.5 Å². The van der Waals surface area contributed by atoms with Crippen molar-refractivity contribution in [1.29, 1.82) is 0 Å². The lowest BCUT2D eigenvalue weighted by Crippen LogP contribution is -2.32. The number of hydrogen-bond donors (Lipinski definition) is 1. The molecule has 144 valence electrons. The van der Waals surface area contributed by atoms with Gasteiger partial charge in [-0.1, -0.05) is 17.7 Å². The van der Waals surface area contributed by atoms with Crippen molar-refractivity contribution in [3.05, 3.63) is 52.5 Å². The van der Waals surface area contributed by atoms with Crippen molar-refractivity contribution in [2.75, 3.05) is 35.8 Å². The van der Waals surface area contributed by atoms with Gasteiger partial charge in [0.1, 0.15) is 0 Å². The molecule has 0 spiro atoms. The van der Waals surface area contributed by atoms with Gasteiger partial charge in [-0.3, -0.25) is 9.59 Å². The molecule has 0 heterocycles. The highest BCUT2D eigenvalue weighted by Gasteiger charge is 2.19. The van der Waals surface area contributed by atoms with Gasteiger partial charge in [0.25, 0.3) is 0 Å². The number of aryl methyl sites for hydroxylation is 2. The van der Waals surface area contributed by atoms with Crippen LogP contribution in [0.5, 0.6) is 0 Å². The summed E-state index contributed by atoms with van der Waals surface area (Å²) < 4.78 is 0. The second-order valence-electron chi connectivity index (χ2n) is 6.82. The van der Waals surface area contributed by atoms with Gasteiger partial charge in [0.15, 0.2) is 0 Å². The van der Waals surface area contributed by atoms with E-state index in [1.54, 1.807) is 4.90 Å². The normalized spacial score (nSPS) is 10.4. The third-order valence-corrected chi connectivity index (χ3v) is 4.57. The van der Waals surface area contributed by atoms with Crippen LogP contribution in [0.2, 0.25) is 5.02 Å². The Morgan fingerprint density at radius 1 is 1.07 bits per heavy atom. The molecule has 2 aromatic rings. The molecular formula is C21H26ClN3O2. The summed E-state index contributed by atoms with van der Waals surface area (Å²) in [5.41, 5.74) is 4.39. The molecule has 0 aliphatic carbocycles. The number of carbonyl (C=O) groups is 2. The van der Waals surface area contributed by atoms with Crippen molar-refractivity contribution in [3.8, 4) is 0 Å². The van der Waals surface area contributed by atoms with E-state index in [0.717, 1.165) is 22.5 Å². The predicted octanol–water partition coefficient (Wildman–Crippen LogP) is 4.40. The summed E-state index contributed by atoms with van der Waals surface area (Å²) in [6, 6.07) is 11.4. The highest BCUT2D eigenvalue weighted by Crippen LogP contribution is 2.31. The van der Waals surface area contributed by atoms with E-state index >= 15 is 0 Å². The number of hydrogen-bond acceptors (Lipinski definition) is 3. The quantitative estimate of drug-likeness (QED) is 0.799. The molecule has 0 saturated heterocycles. The molecule has 0 unspecified atom stereocenters. The van der Waals surface area contributed by atoms with E-state index in [9.17, 15) is 9.59 Å². The average Bonchev–Trinajstić information content (AvgIpc) is 2.57. The Kier molecular flexibility index (Phi) is 6.86. The summed E-state index contributed by atoms with van der Waals surface area (Å²) in [6.45, 7) is 5.61. The second kappa shape index (κ2) is 8.91. The topological polar surface area (TPSA) is 52.7 Å². The lowest BCUT2D eigenvalue weighted by molar-refractivity contribution is -0.117. The maximum absolute atomic E-state index is 12.3. The molecule has 2 amide bonds. The zero-order valence-electron chi connectivity index (χ0n) is 16.5. The van der Waals surface area contributed by atoms with Crippen LogP contribution in [0.1, 0.15) is 24.5 Å². The SMILES string of the molecule is CC(=O)N(CCC(=O)Nc1ccc(N(C)C)cc1)c1c(C)cc(C)cc1Cl. The largest absolute Gasteiger partial charge is 0.378 e. The average molecular weight is 388 g/mol. The zero-order chi connectivity index (χ0) is 20.1. The number of nitrogens with zero attached hydrogens (tertiary/aromatic N) is 2. The lowest BCUT2D eigenvalue weighted by atomic mass is 10.1. The number of amides is 2. The fraction of sp³-hybridized carbons (Fsp3) is 0.333. The molecule has 0 saturated carbocycles. The Hall–Kier alpha value is -2.53. The van der Waals surface area contributed by atoms with Crippen molar-refractivity contribution in [2.24, 2.45) is 0 Å². The first-order chi connectivity index (χ1) is 12.7. The van der Waals surface area contributed by atoms with Gasteiger partial charge in [0.05, 0.1) is 10.7 Å². The van der Waals surface area contributed by atoms with Gasteiger partial charge < -0.3 is 15.1 Å². The molecule has 1 N–H and O–H groups in total. The van der Waals surface area contributed by atoms with Crippen molar-refractivity contribution < 1.29 is 9.59 Å². The molecule has 2 rings (SSSR count). The van der Waals surface area contributed by atoms with Gasteiger partial charge in [-0.2, -0.15) is 0 Å². The Morgan fingerprint density at radius 2 is 1.70 bits per heavy atom. The van der Waals surface area contributed by atoms with Gasteiger partial charge in [0, 0.05) is 45.4 Å². The number of rotatable bonds is 6. The molecule has 5 nitrogen and oxygen atoms in total. The molecular weight excluding hydrogens is 362 g/mol. The zero-order valence-corrected chi connectivity index (χ0v) is 17.2. The van der Waals surface area contributed by atoms with E-state index in [1.165, 1.54) is 6.92 Å². The predicted molar refractivity (Wildman–Crippen MR) is 113 cm³/mol. The number of nitrogens with one attached hydrogen (secondary N) is 1. The van der Waals surface area contributed by atoms with Gasteiger partial charge in [-0.05, 0) is 55.3 Å². The smallest absolute Gasteiger partial charge is 0.226 e. The van der Waals surface area contributed by atoms with Crippen LogP contribution in [0.3, 0.4) is 0 Å². The van der Waals surface area contributed by atoms with Crippen LogP contribution in [-0.2, 0) is 9.59 Å². The van der Waals surface area contributed by atoms with Crippen LogP contribution in [0.25, 0.3) is 0 Å². The molecule has 0 aliphatic heterocycles. The van der Waals surface area contributed by atoms with Crippen LogP contribution >= 0.6 is 11.6 Å². The number of halogens is 1. The fourth-order valence-corrected chi connectivity index (χ4v) is 3.38. The Bertz CT molecular complexity index is 809. The molecule has 0 atom stereocenters. The summed E-state index contributed by atoms with van der Waals surface area (Å²) >= 11 is 6.36. The highest BCUT2D eigenvalue weighted by atomic mass is 35.5. The second-order valence-corrected chi connectivity index (χ2v) is 7.23. The molecule has 0 aliphatic rings. The van der Waals surface area contributed by atoms with E-state index in [2.05, 4.69) is 5.32 Å². The number of benzene rings is 2. The van der Waals surface area contributed by atoms with Crippen molar-refractivity contribution in [2.45, 2.75) is 27.2 Å². The van der Waals surface area contributed by atoms with E-state index in [-0.39, 0.29) is 24.8 Å². The maximum atomic E-state index is 12.3. The minimum Gasteiger partial charge on any atom is -0.378 e. The van der Waals surface area contributed by atoms with Gasteiger partial charge >= 0.3 is 0 Å². The van der Waals surface area contributed by atoms with Crippen LogP contribution < -0.4 is 15.1 Å². The van der Waals surface area contributed by atoms with Crippen LogP contribution in [0, 0.1) is 13.8 Å². The fourth-order valence-electron chi connectivity index (χ4n) is 2.96. The summed E-state index contributed by atoms with van der Waals surface area (Å²) in [6.07, 6.45) is 0.179. The van der Waals surface area contributed by atoms with Gasteiger partial charge in [-0.15, -0.1) is 0 Å². The summed E-state index contributed by atoms with van der Waals surface area (Å²) in [4.78, 5) is 28.0. The number of anilines is 3. The van der Waals surface area contributed by atoms with Gasteiger partial charge in [0.2, 0.25) is 11.8 Å². The minimum absolute atomic E-state index is 0.146. The molecule has 0 aromatic heterocycles. The lowest BCUT2D eigenvalue weighted by Gasteiger charge is -2.24. The van der Waals surface area contributed by atoms with E-state index in [1.807, 2.05) is 69.2 Å². The monoisotopic (exact) mass is 387 g/mol. The van der Waals surface area contributed by atoms with Gasteiger partial charge in [-0.25, -0.2) is 0 Å². The van der Waals surface area contributed by atoms with E-state index in [4.69, 9.17) is 11.6 Å². The summed E-state index contributed by atoms with van der Waals surface area (Å²) in [7, 11) is 3.92. The van der Waals surface area contributed by atoms with Crippen molar-refractivity contribution in [3.63, 3.8) is 0 Å². The van der Waals surface area contributed by atoms with E-state index in [0.29, 0.717) is 10.7 Å². The Morgan fingerprint density at radius 3 is 2.22 bits per heavy atom. The summed E-state index contributed by atoms with van der Waals surface area (Å²) in [5, 5.41) is 3.38. The summed E-state index contributed by atoms with van der Waals surface area (Å²) in [5.74, 6) is -0.299. The first-order valence-electron chi connectivity index (χ1n) is 8.81. The maximum Gasteiger partial charge on any atom is 0.226 e. The molecule has 0 fully saturated rings. The van der Waals surface area contributed by atoms with Crippen molar-refractivity contribution >= 4 is 40.5 Å². The Labute approximate surface area is 165 Å². The first-order valence-corrected chi connectivity index (χ1v) is 9.19. The van der Waals surface area contributed by atoms with E-state index < -0.39 is 0 Å². The molecule has 2 aromatic carbocycles. The molecule has 27 heavy (non-hydrogen) atoms. The first kappa shape index (κ1) is 20.8. The third-order valence-electron chi connectivity index (χ3n) is 4.28. The number of carbonyl (C=O) groups excluding carboxylic acids is 2. The van der Waals surface area contributed by atoms with Crippen LogP contribution in [0.4, 0.5) is 17.1 Å². The Balaban J connectivity index is 2.06. The third kappa shape index (κ3) is 5.47. The minimum atomic E-state index is -0.153. The molecule has 0 radical (unpaired) electrons. The highest BCUT2D eigenvalue weighted by molar-refractivity contribution is 6.34. The van der Waals surface area contributed by atoms with Crippen LogP contribution in [0.15, 0.2) is 36.4 Å².